The molecule has 0 spiro atoms. The predicted octanol–water partition coefficient (Wildman–Crippen LogP) is 6.36. The van der Waals surface area contributed by atoms with Gasteiger partial charge in [0.05, 0.1) is 23.5 Å². The zero-order valence-electron chi connectivity index (χ0n) is 41.3. The van der Waals surface area contributed by atoms with Gasteiger partial charge in [-0.2, -0.15) is 0 Å². The molecule has 71 heavy (non-hydrogen) atoms. The molecule has 0 saturated heterocycles. The number of alkyl carbamates (subject to hydrolysis) is 3. The van der Waals surface area contributed by atoms with Gasteiger partial charge in [0.15, 0.2) is 0 Å². The first-order valence-electron chi connectivity index (χ1n) is 21.6. The molecule has 0 radical (unpaired) electrons. The van der Waals surface area contributed by atoms with Crippen LogP contribution in [0.2, 0.25) is 0 Å². The molecule has 24 heteroatoms. The second kappa shape index (κ2) is 29.8. The molecular formula is C47H64BrN7O15S. The minimum Gasteiger partial charge on any atom is -0.480 e. The number of nitrogens with two attached hydrogens (primary N) is 1. The van der Waals surface area contributed by atoms with Gasteiger partial charge in [-0.1, -0.05) is 66.2 Å². The number of esters is 2. The van der Waals surface area contributed by atoms with Gasteiger partial charge in [0.25, 0.3) is 10.0 Å². The Hall–Kier alpha value is -7.08. The number of hydrogen-bond donors (Lipinski definition) is 6. The lowest BCUT2D eigenvalue weighted by Crippen LogP contribution is -2.47. The third-order valence-corrected chi connectivity index (χ3v) is 9.50. The first-order chi connectivity index (χ1) is 32.9. The number of benzene rings is 3. The van der Waals surface area contributed by atoms with E-state index in [1.54, 1.807) is 117 Å². The largest absolute Gasteiger partial charge is 0.480 e. The summed E-state index contributed by atoms with van der Waals surface area (Å²) < 4.78 is 51.8. The molecular weight excluding hydrogens is 1010 g/mol. The molecule has 1 atom stereocenters. The average Bonchev–Trinajstić information content (AvgIpc) is 3.24. The summed E-state index contributed by atoms with van der Waals surface area (Å²) in [5.74, 6) is -3.10. The van der Waals surface area contributed by atoms with Gasteiger partial charge in [0, 0.05) is 12.0 Å². The predicted molar refractivity (Wildman–Crippen MR) is 266 cm³/mol. The molecule has 22 nitrogen and oxygen atoms in total. The summed E-state index contributed by atoms with van der Waals surface area (Å²) in [7, 11) is -3.89. The van der Waals surface area contributed by atoms with E-state index in [0.717, 1.165) is 5.56 Å². The lowest BCUT2D eigenvalue weighted by molar-refractivity contribution is -0.144. The maximum Gasteiger partial charge on any atom is 0.414 e. The topological polar surface area (TPSA) is 319 Å². The Kier molecular flexibility index (Phi) is 26.0. The number of nitrogens with one attached hydrogen (secondary N) is 4. The Morgan fingerprint density at radius 3 is 1.56 bits per heavy atom. The number of aliphatic carboxylic acids is 1. The average molecular weight is 1080 g/mol. The number of halogens is 1. The van der Waals surface area contributed by atoms with Crippen LogP contribution in [0.1, 0.15) is 101 Å². The van der Waals surface area contributed by atoms with Crippen LogP contribution < -0.4 is 26.4 Å². The smallest absolute Gasteiger partial charge is 0.414 e. The highest BCUT2D eigenvalue weighted by Crippen LogP contribution is 2.12. The van der Waals surface area contributed by atoms with E-state index in [1.165, 1.54) is 12.1 Å². The van der Waals surface area contributed by atoms with E-state index < -0.39 is 69.1 Å². The number of carbonyl (C=O) groups is 7. The standard InChI is InChI=1S/C20H30N4O8S.C20H29N3O6.C7H5BrO/c1-13-5-7-14(8-6-13)33(29,30)24-18(21)22-11-12-31-16(25)10-9-15(17(26)27)23-19(28)32-20(2,3)4;1-19(2,3)28-17(25)22-16(23-18(26)29-20(4,5)6)21-12-13-27-15(24)14-10-8-7-9-11-14;8-7(9)6-4-2-1-3-5-6/h5-8,15H,9-12H2,1-4H3,(H,23,28)(H,26,27)(H3,21,22,24);7-11H,12-13H2,1-6H3,(H2,21,22,23,25,26);1-5H. The summed E-state index contributed by atoms with van der Waals surface area (Å²) in [5, 5.41) is 16.1. The van der Waals surface area contributed by atoms with Crippen LogP contribution in [0.4, 0.5) is 14.4 Å². The fourth-order valence-corrected chi connectivity index (χ4v) is 5.96. The van der Waals surface area contributed by atoms with E-state index in [0.29, 0.717) is 11.1 Å². The molecule has 3 aromatic carbocycles. The normalized spacial score (nSPS) is 11.7. The van der Waals surface area contributed by atoms with E-state index in [2.05, 4.69) is 46.6 Å². The summed E-state index contributed by atoms with van der Waals surface area (Å²) in [4.78, 5) is 89.1. The number of sulfonamides is 1. The van der Waals surface area contributed by atoms with Gasteiger partial charge in [0.1, 0.15) is 36.1 Å². The molecule has 0 fully saturated rings. The summed E-state index contributed by atoms with van der Waals surface area (Å²) in [5.41, 5.74) is 5.31. The number of amides is 3. The second-order valence-corrected chi connectivity index (χ2v) is 20.0. The van der Waals surface area contributed by atoms with Crippen molar-refractivity contribution in [2.24, 2.45) is 15.7 Å². The molecule has 3 rings (SSSR count). The lowest BCUT2D eigenvalue weighted by Gasteiger charge is -2.22. The van der Waals surface area contributed by atoms with E-state index in [1.807, 2.05) is 25.1 Å². The Bertz CT molecular complexity index is 2370. The number of carbonyl (C=O) groups excluding carboxylic acids is 6. The monoisotopic (exact) mass is 1080 g/mol. The quantitative estimate of drug-likeness (QED) is 0.0241. The van der Waals surface area contributed by atoms with Crippen molar-refractivity contribution in [3.05, 3.63) is 102 Å². The Morgan fingerprint density at radius 2 is 1.11 bits per heavy atom. The molecule has 0 aromatic heterocycles. The van der Waals surface area contributed by atoms with Crippen LogP contribution in [0.5, 0.6) is 0 Å². The Labute approximate surface area is 422 Å². The van der Waals surface area contributed by atoms with E-state index in [-0.39, 0.29) is 60.7 Å². The zero-order valence-corrected chi connectivity index (χ0v) is 43.7. The number of carboxylic acid groups (broad SMARTS) is 1. The molecule has 1 unspecified atom stereocenters. The van der Waals surface area contributed by atoms with Crippen molar-refractivity contribution >= 4 is 78.8 Å². The van der Waals surface area contributed by atoms with Gasteiger partial charge >= 0.3 is 36.2 Å². The minimum atomic E-state index is -3.89. The molecule has 0 aliphatic rings. The molecule has 3 amide bonds. The van der Waals surface area contributed by atoms with Crippen LogP contribution in [0.3, 0.4) is 0 Å². The van der Waals surface area contributed by atoms with Crippen molar-refractivity contribution in [3.63, 3.8) is 0 Å². The highest BCUT2D eigenvalue weighted by Gasteiger charge is 2.25. The molecule has 0 saturated carbocycles. The van der Waals surface area contributed by atoms with E-state index in [9.17, 15) is 47.1 Å². The van der Waals surface area contributed by atoms with Gasteiger partial charge in [-0.25, -0.2) is 47.1 Å². The SMILES string of the molecule is CC(C)(C)OC(=O)NC(=NCCOC(=O)c1ccccc1)NC(=O)OC(C)(C)C.Cc1ccc(S(=O)(=O)NC(N)=NCCOC(=O)CCC(NC(=O)OC(C)(C)C)C(=O)O)cc1.O=C(Br)c1ccccc1. The maximum atomic E-state index is 12.2. The molecule has 7 N–H and O–H groups in total. The van der Waals surface area contributed by atoms with Crippen LogP contribution in [0.25, 0.3) is 0 Å². The molecule has 3 aromatic rings. The van der Waals surface area contributed by atoms with Crippen LogP contribution in [0, 0.1) is 6.92 Å². The number of nitrogens with zero attached hydrogens (tertiary/aromatic N) is 2. The van der Waals surface area contributed by atoms with Gasteiger partial charge in [-0.05, 0) is 116 Å². The van der Waals surface area contributed by atoms with Crippen molar-refractivity contribution in [2.75, 3.05) is 26.3 Å². The fourth-order valence-electron chi connectivity index (χ4n) is 4.75. The van der Waals surface area contributed by atoms with Crippen LogP contribution >= 0.6 is 15.9 Å². The second-order valence-electron chi connectivity index (χ2n) is 17.6. The summed E-state index contributed by atoms with van der Waals surface area (Å²) >= 11 is 2.84. The van der Waals surface area contributed by atoms with Crippen LogP contribution in [-0.4, -0.2) is 115 Å². The Morgan fingerprint density at radius 1 is 0.662 bits per heavy atom. The molecule has 0 heterocycles. The number of aliphatic imine (C=N–C) groups is 2. The fraction of sp³-hybridized carbons (Fsp3) is 0.426. The van der Waals surface area contributed by atoms with Crippen molar-refractivity contribution in [3.8, 4) is 0 Å². The van der Waals surface area contributed by atoms with Crippen molar-refractivity contribution < 1.29 is 70.8 Å². The molecule has 0 aliphatic carbocycles. The first kappa shape index (κ1) is 61.9. The van der Waals surface area contributed by atoms with Gasteiger partial charge in [0.2, 0.25) is 16.6 Å². The van der Waals surface area contributed by atoms with Crippen LogP contribution in [0.15, 0.2) is 99.8 Å². The number of carboxylic acids is 1. The van der Waals surface area contributed by atoms with Gasteiger partial charge in [-0.3, -0.25) is 20.2 Å². The van der Waals surface area contributed by atoms with Crippen LogP contribution in [-0.2, 0) is 43.3 Å². The number of guanidine groups is 2. The highest BCUT2D eigenvalue weighted by atomic mass is 79.9. The van der Waals surface area contributed by atoms with Crippen molar-refractivity contribution in [1.29, 1.82) is 0 Å². The molecule has 0 bridgehead atoms. The van der Waals surface area contributed by atoms with E-state index in [4.69, 9.17) is 29.4 Å². The number of ether oxygens (including phenoxy) is 5. The zero-order chi connectivity index (χ0) is 54.0. The summed E-state index contributed by atoms with van der Waals surface area (Å²) in [6.45, 7) is 16.5. The summed E-state index contributed by atoms with van der Waals surface area (Å²) in [6, 6.07) is 22.3. The third-order valence-electron chi connectivity index (χ3n) is 7.68. The highest BCUT2D eigenvalue weighted by molar-refractivity contribution is 9.18. The lowest BCUT2D eigenvalue weighted by atomic mass is 10.1. The Balaban J connectivity index is 0.000000605. The van der Waals surface area contributed by atoms with Gasteiger partial charge in [-0.15, -0.1) is 0 Å². The van der Waals surface area contributed by atoms with E-state index >= 15 is 0 Å². The minimum absolute atomic E-state index is 0.000493. The number of rotatable bonds is 15. The molecule has 390 valence electrons. The third kappa shape index (κ3) is 30.2. The van der Waals surface area contributed by atoms with Crippen molar-refractivity contribution in [2.45, 2.75) is 110 Å². The van der Waals surface area contributed by atoms with Crippen molar-refractivity contribution in [1.82, 2.24) is 20.7 Å². The maximum absolute atomic E-state index is 12.2. The van der Waals surface area contributed by atoms with Gasteiger partial charge < -0.3 is 39.8 Å². The number of hydrogen-bond acceptors (Lipinski definition) is 16. The molecule has 0 aliphatic heterocycles. The number of aryl methyl sites for hydroxylation is 1. The summed E-state index contributed by atoms with van der Waals surface area (Å²) in [6.07, 6.45) is -3.01. The first-order valence-corrected chi connectivity index (χ1v) is 23.9.